The van der Waals surface area contributed by atoms with Crippen molar-refractivity contribution < 1.29 is 14.3 Å². The second kappa shape index (κ2) is 7.27. The third kappa shape index (κ3) is 4.08. The van der Waals surface area contributed by atoms with Crippen LogP contribution in [0.2, 0.25) is 0 Å². The predicted molar refractivity (Wildman–Crippen MR) is 85.8 cm³/mol. The summed E-state index contributed by atoms with van der Waals surface area (Å²) in [6, 6.07) is 9.37. The van der Waals surface area contributed by atoms with E-state index in [9.17, 15) is 4.79 Å². The van der Waals surface area contributed by atoms with Crippen LogP contribution in [-0.4, -0.2) is 19.0 Å². The number of aryl methyl sites for hydroxylation is 2. The minimum atomic E-state index is 0.00199. The zero-order valence-corrected chi connectivity index (χ0v) is 13.5. The van der Waals surface area contributed by atoms with Gasteiger partial charge in [-0.15, -0.1) is 11.3 Å². The molecule has 21 heavy (non-hydrogen) atoms. The lowest BCUT2D eigenvalue weighted by molar-refractivity contribution is 0.0918. The molecule has 0 saturated heterocycles. The van der Waals surface area contributed by atoms with Crippen LogP contribution in [0.1, 0.15) is 33.5 Å². The number of carbonyl (C=O) groups is 1. The summed E-state index contributed by atoms with van der Waals surface area (Å²) in [7, 11) is 0. The smallest absolute Gasteiger partial charge is 0.201 e. The highest BCUT2D eigenvalue weighted by atomic mass is 32.1. The van der Waals surface area contributed by atoms with Gasteiger partial charge < -0.3 is 9.47 Å². The summed E-state index contributed by atoms with van der Waals surface area (Å²) in [6.45, 7) is 6.68. The zero-order valence-electron chi connectivity index (χ0n) is 12.6. The van der Waals surface area contributed by atoms with Crippen molar-refractivity contribution in [2.75, 3.05) is 13.2 Å². The van der Waals surface area contributed by atoms with Gasteiger partial charge in [0, 0.05) is 15.3 Å². The molecule has 112 valence electrons. The lowest BCUT2D eigenvalue weighted by Crippen LogP contribution is -2.12. The minimum absolute atomic E-state index is 0.00199. The fraction of sp³-hybridized carbons (Fsp3) is 0.353. The molecule has 0 aliphatic heterocycles. The van der Waals surface area contributed by atoms with Crippen LogP contribution < -0.4 is 9.47 Å². The number of thiophene rings is 1. The van der Waals surface area contributed by atoms with Gasteiger partial charge in [0.05, 0.1) is 6.61 Å². The van der Waals surface area contributed by atoms with E-state index in [-0.39, 0.29) is 12.4 Å². The number of carbonyl (C=O) groups excluding carboxylic acids is 1. The summed E-state index contributed by atoms with van der Waals surface area (Å²) in [5.74, 6) is 1.30. The van der Waals surface area contributed by atoms with E-state index in [1.165, 1.54) is 0 Å². The minimum Gasteiger partial charge on any atom is -0.490 e. The summed E-state index contributed by atoms with van der Waals surface area (Å²) in [5, 5.41) is 0. The van der Waals surface area contributed by atoms with E-state index in [1.54, 1.807) is 11.3 Å². The Balaban J connectivity index is 2.03. The van der Waals surface area contributed by atoms with Crippen LogP contribution in [0.5, 0.6) is 11.5 Å². The van der Waals surface area contributed by atoms with E-state index in [1.807, 2.05) is 44.2 Å². The molecule has 2 rings (SSSR count). The van der Waals surface area contributed by atoms with Crippen LogP contribution in [0.15, 0.2) is 30.3 Å². The van der Waals surface area contributed by atoms with E-state index in [4.69, 9.17) is 9.47 Å². The number of Topliss-reactive ketones (excluding diaryl/α,β-unsaturated/α-hetero) is 1. The lowest BCUT2D eigenvalue weighted by Gasteiger charge is -2.11. The topological polar surface area (TPSA) is 35.5 Å². The molecule has 0 bridgehead atoms. The fourth-order valence-electron chi connectivity index (χ4n) is 2.03. The molecular formula is C17H20O3S. The Morgan fingerprint density at radius 1 is 1.14 bits per heavy atom. The Morgan fingerprint density at radius 3 is 2.38 bits per heavy atom. The van der Waals surface area contributed by atoms with Gasteiger partial charge in [0.2, 0.25) is 5.78 Å². The molecule has 0 N–H and O–H groups in total. The fourth-order valence-corrected chi connectivity index (χ4v) is 2.97. The van der Waals surface area contributed by atoms with Gasteiger partial charge in [-0.05, 0) is 38.5 Å². The van der Waals surface area contributed by atoms with Crippen molar-refractivity contribution >= 4 is 17.1 Å². The van der Waals surface area contributed by atoms with Crippen LogP contribution >= 0.6 is 11.3 Å². The Hall–Kier alpha value is -1.81. The summed E-state index contributed by atoms with van der Waals surface area (Å²) >= 11 is 1.63. The molecule has 1 aromatic carbocycles. The molecule has 4 heteroatoms. The second-order valence-electron chi connectivity index (χ2n) is 4.83. The molecule has 0 amide bonds. The van der Waals surface area contributed by atoms with Crippen LogP contribution in [0.4, 0.5) is 0 Å². The van der Waals surface area contributed by atoms with Gasteiger partial charge in [-0.2, -0.15) is 0 Å². The Bertz CT molecular complexity index is 616. The maximum absolute atomic E-state index is 12.2. The van der Waals surface area contributed by atoms with Crippen LogP contribution in [0, 0.1) is 13.8 Å². The Labute approximate surface area is 129 Å². The van der Waals surface area contributed by atoms with E-state index in [0.29, 0.717) is 18.1 Å². The molecule has 3 nitrogen and oxygen atoms in total. The number of hydrogen-bond acceptors (Lipinski definition) is 4. The van der Waals surface area contributed by atoms with Crippen molar-refractivity contribution in [3.05, 3.63) is 45.6 Å². The molecule has 0 atom stereocenters. The van der Waals surface area contributed by atoms with Crippen LogP contribution in [0.25, 0.3) is 0 Å². The molecule has 0 aliphatic carbocycles. The number of rotatable bonds is 7. The third-order valence-corrected chi connectivity index (χ3v) is 3.98. The van der Waals surface area contributed by atoms with E-state index < -0.39 is 0 Å². The zero-order chi connectivity index (χ0) is 15.2. The number of hydrogen-bond donors (Lipinski definition) is 0. The monoisotopic (exact) mass is 304 g/mol. The number of ether oxygens (including phenoxy) is 2. The third-order valence-electron chi connectivity index (χ3n) is 3.01. The van der Waals surface area contributed by atoms with Gasteiger partial charge in [0.1, 0.15) is 0 Å². The Kier molecular flexibility index (Phi) is 5.39. The first kappa shape index (κ1) is 15.6. The molecule has 1 aromatic heterocycles. The van der Waals surface area contributed by atoms with E-state index in [0.717, 1.165) is 21.7 Å². The SMILES string of the molecule is CCCOc1ccccc1OCC(=O)c1cc(C)sc1C. The largest absolute Gasteiger partial charge is 0.490 e. The van der Waals surface area contributed by atoms with Gasteiger partial charge in [0.15, 0.2) is 18.1 Å². The van der Waals surface area contributed by atoms with Gasteiger partial charge in [0.25, 0.3) is 0 Å². The van der Waals surface area contributed by atoms with Crippen molar-refractivity contribution in [1.82, 2.24) is 0 Å². The quantitative estimate of drug-likeness (QED) is 0.711. The normalized spacial score (nSPS) is 10.4. The lowest BCUT2D eigenvalue weighted by atomic mass is 10.2. The Morgan fingerprint density at radius 2 is 1.81 bits per heavy atom. The van der Waals surface area contributed by atoms with E-state index in [2.05, 4.69) is 6.92 Å². The first-order valence-corrected chi connectivity index (χ1v) is 7.88. The number of ketones is 1. The maximum atomic E-state index is 12.2. The average Bonchev–Trinajstić information content (AvgIpc) is 2.82. The van der Waals surface area contributed by atoms with Crippen LogP contribution in [0.3, 0.4) is 0 Å². The van der Waals surface area contributed by atoms with Crippen molar-refractivity contribution in [2.45, 2.75) is 27.2 Å². The molecule has 0 unspecified atom stereocenters. The maximum Gasteiger partial charge on any atom is 0.201 e. The first-order valence-electron chi connectivity index (χ1n) is 7.06. The summed E-state index contributed by atoms with van der Waals surface area (Å²) in [6.07, 6.45) is 0.931. The van der Waals surface area contributed by atoms with E-state index >= 15 is 0 Å². The van der Waals surface area contributed by atoms with Crippen molar-refractivity contribution in [1.29, 1.82) is 0 Å². The van der Waals surface area contributed by atoms with Gasteiger partial charge >= 0.3 is 0 Å². The standard InChI is InChI=1S/C17H20O3S/c1-4-9-19-16-7-5-6-8-17(16)20-11-15(18)14-10-12(2)21-13(14)3/h5-8,10H,4,9,11H2,1-3H3. The van der Waals surface area contributed by atoms with Gasteiger partial charge in [-0.25, -0.2) is 0 Å². The molecule has 2 aromatic rings. The molecule has 0 saturated carbocycles. The molecular weight excluding hydrogens is 284 g/mol. The molecule has 0 aliphatic rings. The molecule has 0 radical (unpaired) electrons. The summed E-state index contributed by atoms with van der Waals surface area (Å²) < 4.78 is 11.3. The summed E-state index contributed by atoms with van der Waals surface area (Å²) in [5.41, 5.74) is 0.754. The highest BCUT2D eigenvalue weighted by molar-refractivity contribution is 7.12. The van der Waals surface area contributed by atoms with Gasteiger partial charge in [-0.3, -0.25) is 4.79 Å². The second-order valence-corrected chi connectivity index (χ2v) is 6.29. The molecule has 0 spiro atoms. The van der Waals surface area contributed by atoms with Crippen molar-refractivity contribution in [2.24, 2.45) is 0 Å². The van der Waals surface area contributed by atoms with Crippen molar-refractivity contribution in [3.63, 3.8) is 0 Å². The number of para-hydroxylation sites is 2. The predicted octanol–water partition coefficient (Wildman–Crippen LogP) is 4.42. The number of benzene rings is 1. The average molecular weight is 304 g/mol. The molecule has 1 heterocycles. The highest BCUT2D eigenvalue weighted by Gasteiger charge is 2.14. The van der Waals surface area contributed by atoms with Crippen LogP contribution in [-0.2, 0) is 0 Å². The summed E-state index contributed by atoms with van der Waals surface area (Å²) in [4.78, 5) is 14.4. The first-order chi connectivity index (χ1) is 10.1. The highest BCUT2D eigenvalue weighted by Crippen LogP contribution is 2.27. The van der Waals surface area contributed by atoms with Gasteiger partial charge in [-0.1, -0.05) is 19.1 Å². The molecule has 0 fully saturated rings. The van der Waals surface area contributed by atoms with Crippen molar-refractivity contribution in [3.8, 4) is 11.5 Å².